The number of nitrogens with zero attached hydrogens (tertiary/aromatic N) is 3. The molecule has 0 aliphatic heterocycles. The Bertz CT molecular complexity index is 863. The minimum absolute atomic E-state index is 0.249. The molecule has 0 radical (unpaired) electrons. The van der Waals surface area contributed by atoms with Gasteiger partial charge in [0.1, 0.15) is 0 Å². The van der Waals surface area contributed by atoms with Crippen molar-refractivity contribution < 1.29 is 9.53 Å². The average molecular weight is 354 g/mol. The van der Waals surface area contributed by atoms with Crippen LogP contribution in [0.15, 0.2) is 48.8 Å². The lowest BCUT2D eigenvalue weighted by Crippen LogP contribution is -2.17. The normalized spacial score (nSPS) is 10.4. The van der Waals surface area contributed by atoms with Crippen LogP contribution in [-0.2, 0) is 4.74 Å². The maximum Gasteiger partial charge on any atom is 0.357 e. The zero-order valence-corrected chi connectivity index (χ0v) is 15.9. The summed E-state index contributed by atoms with van der Waals surface area (Å²) < 4.78 is 8.08. The summed E-state index contributed by atoms with van der Waals surface area (Å²) in [5.41, 5.74) is 3.47. The quantitative estimate of drug-likeness (QED) is 0.565. The summed E-state index contributed by atoms with van der Waals surface area (Å²) >= 11 is 0. The molecule has 0 amide bonds. The van der Waals surface area contributed by atoms with E-state index in [2.05, 4.69) is 18.9 Å². The summed E-state index contributed by atoms with van der Waals surface area (Å²) in [4.78, 5) is 12.2. The molecule has 6 heteroatoms. The van der Waals surface area contributed by atoms with Crippen LogP contribution in [0.3, 0.4) is 0 Å². The summed E-state index contributed by atoms with van der Waals surface area (Å²) in [7, 11) is 1.34. The van der Waals surface area contributed by atoms with E-state index in [1.54, 1.807) is 6.20 Å². The molecule has 3 aromatic rings. The summed E-state index contributed by atoms with van der Waals surface area (Å²) in [6.07, 6.45) is 3.63. The zero-order chi connectivity index (χ0) is 19.3. The van der Waals surface area contributed by atoms with E-state index >= 15 is 0 Å². The third kappa shape index (κ3) is 3.64. The number of aromatic nitrogens is 3. The predicted octanol–water partition coefficient (Wildman–Crippen LogP) is 4.13. The number of nitrogen functional groups attached to an aromatic ring is 1. The van der Waals surface area contributed by atoms with Gasteiger partial charge in [0.05, 0.1) is 12.8 Å². The molecule has 0 atom stereocenters. The van der Waals surface area contributed by atoms with Crippen molar-refractivity contribution in [3.05, 3.63) is 54.5 Å². The molecule has 0 saturated heterocycles. The van der Waals surface area contributed by atoms with E-state index in [1.807, 2.05) is 61.1 Å². The SMILES string of the molecule is CC.COC(=O)c1c(-c2ccccc2)c(-c2ccn(C(C)C)n2)cn1N. The number of carbonyl (C=O) groups excluding carboxylic acids is 1. The largest absolute Gasteiger partial charge is 0.464 e. The van der Waals surface area contributed by atoms with E-state index in [0.29, 0.717) is 5.69 Å². The van der Waals surface area contributed by atoms with E-state index < -0.39 is 5.97 Å². The van der Waals surface area contributed by atoms with Gasteiger partial charge in [0.15, 0.2) is 5.69 Å². The van der Waals surface area contributed by atoms with Crippen LogP contribution in [0.2, 0.25) is 0 Å². The lowest BCUT2D eigenvalue weighted by atomic mass is 10.00. The summed E-state index contributed by atoms with van der Waals surface area (Å²) in [6, 6.07) is 11.8. The van der Waals surface area contributed by atoms with Crippen molar-refractivity contribution >= 4 is 5.97 Å². The zero-order valence-electron chi connectivity index (χ0n) is 15.9. The number of hydrogen-bond donors (Lipinski definition) is 1. The number of carbonyl (C=O) groups is 1. The van der Waals surface area contributed by atoms with E-state index in [-0.39, 0.29) is 6.04 Å². The highest BCUT2D eigenvalue weighted by molar-refractivity contribution is 6.01. The molecule has 0 bridgehead atoms. The van der Waals surface area contributed by atoms with Gasteiger partial charge in [-0.2, -0.15) is 5.10 Å². The van der Waals surface area contributed by atoms with Gasteiger partial charge in [-0.3, -0.25) is 9.36 Å². The van der Waals surface area contributed by atoms with Crippen LogP contribution in [0.25, 0.3) is 22.4 Å². The molecular formula is C20H26N4O2. The van der Waals surface area contributed by atoms with Crippen molar-refractivity contribution in [1.82, 2.24) is 14.5 Å². The standard InChI is InChI=1S/C18H20N4O2.C2H6/c1-12(2)22-10-9-15(20-22)14-11-21(19)17(18(23)24-3)16(14)13-7-5-4-6-8-13;1-2/h4-12H,19H2,1-3H3;1-2H3. The second-order valence-electron chi connectivity index (χ2n) is 5.81. The van der Waals surface area contributed by atoms with Crippen molar-refractivity contribution in [2.45, 2.75) is 33.7 Å². The predicted molar refractivity (Wildman–Crippen MR) is 104 cm³/mol. The number of esters is 1. The van der Waals surface area contributed by atoms with Crippen molar-refractivity contribution in [3.8, 4) is 22.4 Å². The van der Waals surface area contributed by atoms with Crippen LogP contribution in [0.5, 0.6) is 0 Å². The van der Waals surface area contributed by atoms with Gasteiger partial charge in [0.2, 0.25) is 0 Å². The first-order chi connectivity index (χ1) is 12.5. The average Bonchev–Trinajstić information content (AvgIpc) is 3.28. The highest BCUT2D eigenvalue weighted by Crippen LogP contribution is 2.35. The van der Waals surface area contributed by atoms with Crippen LogP contribution in [0, 0.1) is 0 Å². The van der Waals surface area contributed by atoms with Gasteiger partial charge in [-0.15, -0.1) is 0 Å². The van der Waals surface area contributed by atoms with Crippen LogP contribution in [-0.4, -0.2) is 27.5 Å². The Kier molecular flexibility index (Phi) is 6.22. The van der Waals surface area contributed by atoms with E-state index in [0.717, 1.165) is 22.4 Å². The van der Waals surface area contributed by atoms with Crippen LogP contribution < -0.4 is 5.84 Å². The van der Waals surface area contributed by atoms with E-state index in [4.69, 9.17) is 10.6 Å². The smallest absolute Gasteiger partial charge is 0.357 e. The number of rotatable bonds is 4. The number of hydrogen-bond acceptors (Lipinski definition) is 4. The molecule has 0 aliphatic carbocycles. The number of ether oxygens (including phenoxy) is 1. The molecule has 2 aromatic heterocycles. The van der Waals surface area contributed by atoms with Gasteiger partial charge in [-0.05, 0) is 25.5 Å². The fourth-order valence-corrected chi connectivity index (χ4v) is 2.69. The molecule has 0 fully saturated rings. The topological polar surface area (TPSA) is 75.1 Å². The molecule has 138 valence electrons. The van der Waals surface area contributed by atoms with Gasteiger partial charge in [-0.1, -0.05) is 44.2 Å². The Morgan fingerprint density at radius 3 is 2.35 bits per heavy atom. The van der Waals surface area contributed by atoms with Gasteiger partial charge in [0, 0.05) is 29.6 Å². The molecule has 2 N–H and O–H groups in total. The number of methoxy groups -OCH3 is 1. The first-order valence-electron chi connectivity index (χ1n) is 8.72. The van der Waals surface area contributed by atoms with Crippen molar-refractivity contribution in [3.63, 3.8) is 0 Å². The third-order valence-electron chi connectivity index (χ3n) is 3.89. The first kappa shape index (κ1) is 19.3. The maximum absolute atomic E-state index is 12.2. The lowest BCUT2D eigenvalue weighted by molar-refractivity contribution is 0.0592. The summed E-state index contributed by atoms with van der Waals surface area (Å²) in [5.74, 6) is 5.56. The maximum atomic E-state index is 12.2. The Balaban J connectivity index is 0.00000117. The Morgan fingerprint density at radius 1 is 1.15 bits per heavy atom. The molecule has 1 aromatic carbocycles. The Hall–Kier alpha value is -3.02. The molecule has 3 rings (SSSR count). The van der Waals surface area contributed by atoms with Crippen LogP contribution >= 0.6 is 0 Å². The van der Waals surface area contributed by atoms with Crippen molar-refractivity contribution in [2.75, 3.05) is 13.0 Å². The second kappa shape index (κ2) is 8.38. The summed E-state index contributed by atoms with van der Waals surface area (Å²) in [5, 5.41) is 4.60. The van der Waals surface area contributed by atoms with Gasteiger partial charge in [0.25, 0.3) is 0 Å². The van der Waals surface area contributed by atoms with Gasteiger partial charge in [-0.25, -0.2) is 4.79 Å². The molecule has 0 unspecified atom stereocenters. The van der Waals surface area contributed by atoms with Gasteiger partial charge >= 0.3 is 5.97 Å². The Morgan fingerprint density at radius 2 is 1.81 bits per heavy atom. The second-order valence-corrected chi connectivity index (χ2v) is 5.81. The Labute approximate surface area is 154 Å². The number of benzene rings is 1. The van der Waals surface area contributed by atoms with Gasteiger partial charge < -0.3 is 10.6 Å². The number of nitrogens with two attached hydrogens (primary N) is 1. The molecule has 0 aliphatic rings. The van der Waals surface area contributed by atoms with Crippen molar-refractivity contribution in [1.29, 1.82) is 0 Å². The molecule has 0 spiro atoms. The molecular weight excluding hydrogens is 328 g/mol. The fraction of sp³-hybridized carbons (Fsp3) is 0.300. The molecule has 6 nitrogen and oxygen atoms in total. The van der Waals surface area contributed by atoms with E-state index in [1.165, 1.54) is 11.8 Å². The monoisotopic (exact) mass is 354 g/mol. The fourth-order valence-electron chi connectivity index (χ4n) is 2.69. The lowest BCUT2D eigenvalue weighted by Gasteiger charge is -2.07. The van der Waals surface area contributed by atoms with Crippen LogP contribution in [0.1, 0.15) is 44.2 Å². The summed E-state index contributed by atoms with van der Waals surface area (Å²) in [6.45, 7) is 8.12. The minimum Gasteiger partial charge on any atom is -0.464 e. The first-order valence-corrected chi connectivity index (χ1v) is 8.72. The third-order valence-corrected chi connectivity index (χ3v) is 3.89. The molecule has 2 heterocycles. The highest BCUT2D eigenvalue weighted by Gasteiger charge is 2.24. The minimum atomic E-state index is -0.481. The van der Waals surface area contributed by atoms with E-state index in [9.17, 15) is 4.79 Å². The highest BCUT2D eigenvalue weighted by atomic mass is 16.5. The molecule has 26 heavy (non-hydrogen) atoms. The van der Waals surface area contributed by atoms with Crippen molar-refractivity contribution in [2.24, 2.45) is 0 Å². The molecule has 0 saturated carbocycles. The van der Waals surface area contributed by atoms with Crippen LogP contribution in [0.4, 0.5) is 0 Å².